The molecule has 0 aliphatic carbocycles. The summed E-state index contributed by atoms with van der Waals surface area (Å²) in [5, 5.41) is 8.94. The predicted molar refractivity (Wildman–Crippen MR) is 87.1 cm³/mol. The van der Waals surface area contributed by atoms with Crippen LogP contribution in [0, 0.1) is 23.0 Å². The van der Waals surface area contributed by atoms with Crippen LogP contribution in [0.4, 0.5) is 8.78 Å². The highest BCUT2D eigenvalue weighted by atomic mass is 32.2. The lowest BCUT2D eigenvalue weighted by Gasteiger charge is -2.08. The van der Waals surface area contributed by atoms with E-state index < -0.39 is 32.5 Å². The van der Waals surface area contributed by atoms with Crippen LogP contribution in [0.2, 0.25) is 0 Å². The van der Waals surface area contributed by atoms with E-state index in [2.05, 4.69) is 4.72 Å². The largest absolute Gasteiger partial charge is 0.461 e. The second kappa shape index (κ2) is 8.51. The quantitative estimate of drug-likeness (QED) is 0.743. The number of nitrogens with one attached hydrogen (secondary N) is 1. The van der Waals surface area contributed by atoms with Gasteiger partial charge < -0.3 is 4.74 Å². The van der Waals surface area contributed by atoms with Gasteiger partial charge in [-0.25, -0.2) is 21.9 Å². The van der Waals surface area contributed by atoms with Crippen LogP contribution in [0.3, 0.4) is 0 Å². The van der Waals surface area contributed by atoms with E-state index >= 15 is 0 Å². The first kappa shape index (κ1) is 19.5. The Balaban J connectivity index is 1.86. The zero-order valence-electron chi connectivity index (χ0n) is 13.4. The Morgan fingerprint density at radius 1 is 1.15 bits per heavy atom. The number of benzene rings is 2. The molecule has 0 amide bonds. The molecule has 0 aromatic heterocycles. The van der Waals surface area contributed by atoms with Crippen LogP contribution in [0.25, 0.3) is 0 Å². The number of sulfonamides is 1. The van der Waals surface area contributed by atoms with Crippen molar-refractivity contribution in [2.45, 2.75) is 17.9 Å². The zero-order chi connectivity index (χ0) is 19.2. The van der Waals surface area contributed by atoms with Crippen molar-refractivity contribution in [3.63, 3.8) is 0 Å². The summed E-state index contributed by atoms with van der Waals surface area (Å²) in [6.07, 6.45) is -0.266. The minimum atomic E-state index is -4.08. The Bertz CT molecular complexity index is 955. The Morgan fingerprint density at radius 2 is 1.88 bits per heavy atom. The fraction of sp³-hybridized carbons (Fsp3) is 0.176. The SMILES string of the molecule is N#Cc1ccccc1COC(=O)CCNS(=O)(=O)c1ccc(F)c(F)c1. The Hall–Kier alpha value is -2.83. The van der Waals surface area contributed by atoms with Gasteiger partial charge in [-0.2, -0.15) is 5.26 Å². The monoisotopic (exact) mass is 380 g/mol. The molecule has 0 spiro atoms. The van der Waals surface area contributed by atoms with Crippen LogP contribution in [0.1, 0.15) is 17.5 Å². The molecule has 2 aromatic carbocycles. The highest BCUT2D eigenvalue weighted by Gasteiger charge is 2.17. The summed E-state index contributed by atoms with van der Waals surface area (Å²) in [7, 11) is -4.08. The molecule has 26 heavy (non-hydrogen) atoms. The average molecular weight is 380 g/mol. The molecular weight excluding hydrogens is 366 g/mol. The fourth-order valence-corrected chi connectivity index (χ4v) is 3.04. The molecule has 0 radical (unpaired) electrons. The standard InChI is InChI=1S/C17H14F2N2O4S/c18-15-6-5-14(9-16(15)19)26(23,24)21-8-7-17(22)25-11-13-4-2-1-3-12(13)10-20/h1-6,9,21H,7-8,11H2. The van der Waals surface area contributed by atoms with Crippen LogP contribution < -0.4 is 4.72 Å². The van der Waals surface area contributed by atoms with Crippen LogP contribution >= 0.6 is 0 Å². The van der Waals surface area contributed by atoms with E-state index in [1.165, 1.54) is 0 Å². The number of carbonyl (C=O) groups excluding carboxylic acids is 1. The maximum Gasteiger partial charge on any atom is 0.307 e. The number of carbonyl (C=O) groups is 1. The summed E-state index contributed by atoms with van der Waals surface area (Å²) in [4.78, 5) is 11.2. The Kier molecular flexibility index (Phi) is 6.38. The van der Waals surface area contributed by atoms with Crippen molar-refractivity contribution < 1.29 is 26.7 Å². The highest BCUT2D eigenvalue weighted by Crippen LogP contribution is 2.13. The van der Waals surface area contributed by atoms with Gasteiger partial charge in [-0.3, -0.25) is 4.79 Å². The van der Waals surface area contributed by atoms with Crippen LogP contribution in [0.5, 0.6) is 0 Å². The molecule has 0 saturated carbocycles. The summed E-state index contributed by atoms with van der Waals surface area (Å²) in [5.74, 6) is -3.13. The number of ether oxygens (including phenoxy) is 1. The molecule has 0 atom stereocenters. The molecular formula is C17H14F2N2O4S. The van der Waals surface area contributed by atoms with Gasteiger partial charge in [-0.1, -0.05) is 18.2 Å². The van der Waals surface area contributed by atoms with Gasteiger partial charge in [0.15, 0.2) is 11.6 Å². The molecule has 6 nitrogen and oxygen atoms in total. The molecule has 0 aliphatic heterocycles. The lowest BCUT2D eigenvalue weighted by atomic mass is 10.1. The van der Waals surface area contributed by atoms with Crippen LogP contribution in [-0.4, -0.2) is 20.9 Å². The minimum Gasteiger partial charge on any atom is -0.461 e. The molecule has 2 rings (SSSR count). The molecule has 9 heteroatoms. The number of esters is 1. The van der Waals surface area contributed by atoms with Crippen molar-refractivity contribution >= 4 is 16.0 Å². The fourth-order valence-electron chi connectivity index (χ4n) is 2.00. The highest BCUT2D eigenvalue weighted by molar-refractivity contribution is 7.89. The number of rotatable bonds is 7. The van der Waals surface area contributed by atoms with Crippen molar-refractivity contribution in [1.82, 2.24) is 4.72 Å². The van der Waals surface area contributed by atoms with Crippen molar-refractivity contribution in [2.24, 2.45) is 0 Å². The third-order valence-corrected chi connectivity index (χ3v) is 4.81. The summed E-state index contributed by atoms with van der Waals surface area (Å²) in [6.45, 7) is -0.390. The van der Waals surface area contributed by atoms with E-state index in [0.717, 1.165) is 6.07 Å². The topological polar surface area (TPSA) is 96.3 Å². The average Bonchev–Trinajstić information content (AvgIpc) is 2.62. The van der Waals surface area contributed by atoms with Gasteiger partial charge in [0.2, 0.25) is 10.0 Å². The second-order valence-electron chi connectivity index (χ2n) is 5.15. The van der Waals surface area contributed by atoms with Gasteiger partial charge in [0.1, 0.15) is 6.61 Å². The third kappa shape index (κ3) is 5.08. The van der Waals surface area contributed by atoms with E-state index in [0.29, 0.717) is 23.3 Å². The molecule has 0 bridgehead atoms. The number of nitrogens with zero attached hydrogens (tertiary/aromatic N) is 1. The number of hydrogen-bond acceptors (Lipinski definition) is 5. The maximum absolute atomic E-state index is 13.1. The second-order valence-corrected chi connectivity index (χ2v) is 6.92. The first-order chi connectivity index (χ1) is 12.3. The van der Waals surface area contributed by atoms with Crippen molar-refractivity contribution in [1.29, 1.82) is 5.26 Å². The number of hydrogen-bond donors (Lipinski definition) is 1. The van der Waals surface area contributed by atoms with Gasteiger partial charge >= 0.3 is 5.97 Å². The first-order valence-corrected chi connectivity index (χ1v) is 8.90. The van der Waals surface area contributed by atoms with Crippen LogP contribution in [-0.2, 0) is 26.2 Å². The summed E-state index contributed by atoms with van der Waals surface area (Å²) in [6, 6.07) is 10.7. The molecule has 0 fully saturated rings. The van der Waals surface area contributed by atoms with E-state index in [-0.39, 0.29) is 19.6 Å². The van der Waals surface area contributed by atoms with Gasteiger partial charge in [-0.05, 0) is 24.3 Å². The predicted octanol–water partition coefficient (Wildman–Crippen LogP) is 2.25. The molecule has 0 saturated heterocycles. The van der Waals surface area contributed by atoms with E-state index in [9.17, 15) is 22.0 Å². The van der Waals surface area contributed by atoms with Gasteiger partial charge in [0, 0.05) is 12.1 Å². The minimum absolute atomic E-state index is 0.113. The summed E-state index contributed by atoms with van der Waals surface area (Å²) < 4.78 is 57.0. The van der Waals surface area contributed by atoms with E-state index in [4.69, 9.17) is 10.00 Å². The lowest BCUT2D eigenvalue weighted by Crippen LogP contribution is -2.27. The Morgan fingerprint density at radius 3 is 2.58 bits per heavy atom. The van der Waals surface area contributed by atoms with E-state index in [1.54, 1.807) is 24.3 Å². The van der Waals surface area contributed by atoms with Crippen LogP contribution in [0.15, 0.2) is 47.4 Å². The number of halogens is 2. The van der Waals surface area contributed by atoms with Gasteiger partial charge in [-0.15, -0.1) is 0 Å². The van der Waals surface area contributed by atoms with Crippen molar-refractivity contribution in [2.75, 3.05) is 6.54 Å². The molecule has 0 unspecified atom stereocenters. The molecule has 136 valence electrons. The normalized spacial score (nSPS) is 11.0. The van der Waals surface area contributed by atoms with Crippen molar-refractivity contribution in [3.8, 4) is 6.07 Å². The van der Waals surface area contributed by atoms with E-state index in [1.807, 2.05) is 6.07 Å². The molecule has 2 aromatic rings. The molecule has 0 heterocycles. The third-order valence-electron chi connectivity index (χ3n) is 3.35. The number of nitriles is 1. The van der Waals surface area contributed by atoms with Crippen molar-refractivity contribution in [3.05, 3.63) is 65.2 Å². The zero-order valence-corrected chi connectivity index (χ0v) is 14.2. The van der Waals surface area contributed by atoms with Gasteiger partial charge in [0.05, 0.1) is 22.9 Å². The lowest BCUT2D eigenvalue weighted by molar-refractivity contribution is -0.144. The maximum atomic E-state index is 13.1. The molecule has 0 aliphatic rings. The molecule has 1 N–H and O–H groups in total. The summed E-state index contributed by atoms with van der Waals surface area (Å²) in [5.41, 5.74) is 0.907. The smallest absolute Gasteiger partial charge is 0.307 e. The Labute approximate surface area is 149 Å². The van der Waals surface area contributed by atoms with Gasteiger partial charge in [0.25, 0.3) is 0 Å². The first-order valence-electron chi connectivity index (χ1n) is 7.42. The summed E-state index contributed by atoms with van der Waals surface area (Å²) >= 11 is 0.